The van der Waals surface area contributed by atoms with E-state index in [2.05, 4.69) is 39.9 Å². The first-order valence-corrected chi connectivity index (χ1v) is 6.76. The molecule has 1 unspecified atom stereocenters. The molecule has 0 aromatic rings. The first-order chi connectivity index (χ1) is 7.43. The summed E-state index contributed by atoms with van der Waals surface area (Å²) in [7, 11) is 0. The molecule has 1 aliphatic rings. The predicted octanol–water partition coefficient (Wildman–Crippen LogP) is 3.22. The van der Waals surface area contributed by atoms with Gasteiger partial charge in [0, 0.05) is 24.1 Å². The highest BCUT2D eigenvalue weighted by Gasteiger charge is 2.40. The van der Waals surface area contributed by atoms with E-state index in [0.29, 0.717) is 5.41 Å². The third-order valence-electron chi connectivity index (χ3n) is 3.96. The number of rotatable bonds is 5. The third kappa shape index (κ3) is 3.46. The molecule has 96 valence electrons. The summed E-state index contributed by atoms with van der Waals surface area (Å²) >= 11 is 0. The van der Waals surface area contributed by atoms with Gasteiger partial charge in [-0.15, -0.1) is 0 Å². The molecule has 2 heteroatoms. The van der Waals surface area contributed by atoms with Gasteiger partial charge in [-0.2, -0.15) is 0 Å². The Morgan fingerprint density at radius 2 is 1.88 bits per heavy atom. The van der Waals surface area contributed by atoms with Crippen molar-refractivity contribution in [1.82, 2.24) is 5.32 Å². The van der Waals surface area contributed by atoms with Gasteiger partial charge in [-0.25, -0.2) is 0 Å². The Hall–Kier alpha value is -0.0800. The molecule has 0 amide bonds. The lowest BCUT2D eigenvalue weighted by molar-refractivity contribution is 0.0922. The Kier molecular flexibility index (Phi) is 4.81. The molecule has 0 saturated carbocycles. The van der Waals surface area contributed by atoms with E-state index >= 15 is 0 Å². The summed E-state index contributed by atoms with van der Waals surface area (Å²) in [6.45, 7) is 14.3. The average molecular weight is 227 g/mol. The van der Waals surface area contributed by atoms with Crippen molar-refractivity contribution in [2.45, 2.75) is 59.4 Å². The molecular formula is C14H29NO. The molecule has 1 atom stereocenters. The van der Waals surface area contributed by atoms with Crippen molar-refractivity contribution in [2.24, 2.45) is 11.3 Å². The van der Waals surface area contributed by atoms with Crippen LogP contribution >= 0.6 is 0 Å². The van der Waals surface area contributed by atoms with Crippen LogP contribution in [-0.4, -0.2) is 25.3 Å². The Balaban J connectivity index is 2.65. The molecule has 1 aliphatic heterocycles. The molecule has 0 spiro atoms. The largest absolute Gasteiger partial charge is 0.381 e. The van der Waals surface area contributed by atoms with Crippen molar-refractivity contribution < 1.29 is 4.74 Å². The third-order valence-corrected chi connectivity index (χ3v) is 3.96. The number of hydrogen-bond donors (Lipinski definition) is 1. The summed E-state index contributed by atoms with van der Waals surface area (Å²) in [5, 5.41) is 3.67. The molecule has 1 N–H and O–H groups in total. The van der Waals surface area contributed by atoms with Crippen LogP contribution in [0.15, 0.2) is 0 Å². The molecule has 0 aliphatic carbocycles. The SMILES string of the molecule is CCC(CC)C1(CNC(C)(C)C)CCOC1. The maximum absolute atomic E-state index is 5.67. The van der Waals surface area contributed by atoms with Crippen molar-refractivity contribution in [3.8, 4) is 0 Å². The van der Waals surface area contributed by atoms with Crippen LogP contribution in [0.4, 0.5) is 0 Å². The van der Waals surface area contributed by atoms with E-state index in [0.717, 1.165) is 25.7 Å². The molecule has 0 aromatic heterocycles. The van der Waals surface area contributed by atoms with E-state index in [1.54, 1.807) is 0 Å². The van der Waals surface area contributed by atoms with Gasteiger partial charge in [-0.1, -0.05) is 26.7 Å². The fourth-order valence-corrected chi connectivity index (χ4v) is 2.82. The lowest BCUT2D eigenvalue weighted by Gasteiger charge is -2.38. The summed E-state index contributed by atoms with van der Waals surface area (Å²) in [5.74, 6) is 0.796. The van der Waals surface area contributed by atoms with Crippen LogP contribution in [0.25, 0.3) is 0 Å². The number of ether oxygens (including phenoxy) is 1. The average Bonchev–Trinajstić information content (AvgIpc) is 2.66. The zero-order chi connectivity index (χ0) is 12.2. The fraction of sp³-hybridized carbons (Fsp3) is 1.00. The van der Waals surface area contributed by atoms with Crippen LogP contribution in [0.5, 0.6) is 0 Å². The van der Waals surface area contributed by atoms with Crippen molar-refractivity contribution in [2.75, 3.05) is 19.8 Å². The van der Waals surface area contributed by atoms with E-state index in [4.69, 9.17) is 4.74 Å². The molecule has 1 saturated heterocycles. The van der Waals surface area contributed by atoms with Crippen molar-refractivity contribution in [3.05, 3.63) is 0 Å². The van der Waals surface area contributed by atoms with Gasteiger partial charge >= 0.3 is 0 Å². The quantitative estimate of drug-likeness (QED) is 0.778. The predicted molar refractivity (Wildman–Crippen MR) is 69.7 cm³/mol. The Bertz CT molecular complexity index is 197. The molecule has 2 nitrogen and oxygen atoms in total. The van der Waals surface area contributed by atoms with E-state index in [-0.39, 0.29) is 5.54 Å². The molecule has 1 heterocycles. The van der Waals surface area contributed by atoms with Gasteiger partial charge in [0.15, 0.2) is 0 Å². The zero-order valence-corrected chi connectivity index (χ0v) is 11.7. The molecule has 0 radical (unpaired) electrons. The van der Waals surface area contributed by atoms with Crippen LogP contribution < -0.4 is 5.32 Å². The Morgan fingerprint density at radius 1 is 1.25 bits per heavy atom. The van der Waals surface area contributed by atoms with E-state index < -0.39 is 0 Å². The van der Waals surface area contributed by atoms with Gasteiger partial charge in [0.2, 0.25) is 0 Å². The highest BCUT2D eigenvalue weighted by atomic mass is 16.5. The van der Waals surface area contributed by atoms with Crippen molar-refractivity contribution in [1.29, 1.82) is 0 Å². The Morgan fingerprint density at radius 3 is 2.25 bits per heavy atom. The molecule has 0 aromatic carbocycles. The first kappa shape index (κ1) is 14.0. The van der Waals surface area contributed by atoms with Crippen LogP contribution in [0, 0.1) is 11.3 Å². The Labute approximate surface area is 101 Å². The second kappa shape index (κ2) is 5.50. The van der Waals surface area contributed by atoms with Gasteiger partial charge in [0.25, 0.3) is 0 Å². The second-order valence-corrected chi connectivity index (χ2v) is 6.28. The zero-order valence-electron chi connectivity index (χ0n) is 11.7. The smallest absolute Gasteiger partial charge is 0.0538 e. The van der Waals surface area contributed by atoms with Crippen LogP contribution in [0.2, 0.25) is 0 Å². The maximum atomic E-state index is 5.67. The molecule has 16 heavy (non-hydrogen) atoms. The summed E-state index contributed by atoms with van der Waals surface area (Å²) in [5.41, 5.74) is 0.596. The minimum Gasteiger partial charge on any atom is -0.381 e. The van der Waals surface area contributed by atoms with Crippen LogP contribution in [0.3, 0.4) is 0 Å². The molecule has 0 bridgehead atoms. The summed E-state index contributed by atoms with van der Waals surface area (Å²) in [4.78, 5) is 0. The van der Waals surface area contributed by atoms with Crippen LogP contribution in [0.1, 0.15) is 53.9 Å². The first-order valence-electron chi connectivity index (χ1n) is 6.76. The topological polar surface area (TPSA) is 21.3 Å². The van der Waals surface area contributed by atoms with Gasteiger partial charge in [0.05, 0.1) is 6.61 Å². The number of hydrogen-bond acceptors (Lipinski definition) is 2. The normalized spacial score (nSPS) is 26.6. The minimum absolute atomic E-state index is 0.210. The van der Waals surface area contributed by atoms with E-state index in [1.807, 2.05) is 0 Å². The fourth-order valence-electron chi connectivity index (χ4n) is 2.82. The van der Waals surface area contributed by atoms with Gasteiger partial charge in [-0.3, -0.25) is 0 Å². The summed E-state index contributed by atoms with van der Waals surface area (Å²) < 4.78 is 5.67. The summed E-state index contributed by atoms with van der Waals surface area (Å²) in [6.07, 6.45) is 3.76. The number of nitrogens with one attached hydrogen (secondary N) is 1. The highest BCUT2D eigenvalue weighted by Crippen LogP contribution is 2.40. The van der Waals surface area contributed by atoms with E-state index in [1.165, 1.54) is 19.3 Å². The van der Waals surface area contributed by atoms with Crippen molar-refractivity contribution in [3.63, 3.8) is 0 Å². The van der Waals surface area contributed by atoms with E-state index in [9.17, 15) is 0 Å². The molecular weight excluding hydrogens is 198 g/mol. The maximum Gasteiger partial charge on any atom is 0.0538 e. The molecule has 1 fully saturated rings. The highest BCUT2D eigenvalue weighted by molar-refractivity contribution is 4.92. The van der Waals surface area contributed by atoms with Gasteiger partial charge in [-0.05, 0) is 33.1 Å². The monoisotopic (exact) mass is 227 g/mol. The van der Waals surface area contributed by atoms with Crippen molar-refractivity contribution >= 4 is 0 Å². The van der Waals surface area contributed by atoms with Gasteiger partial charge < -0.3 is 10.1 Å². The molecule has 1 rings (SSSR count). The van der Waals surface area contributed by atoms with Gasteiger partial charge in [0.1, 0.15) is 0 Å². The lowest BCUT2D eigenvalue weighted by Crippen LogP contribution is -2.47. The van der Waals surface area contributed by atoms with Crippen LogP contribution in [-0.2, 0) is 4.74 Å². The summed E-state index contributed by atoms with van der Waals surface area (Å²) in [6, 6.07) is 0. The second-order valence-electron chi connectivity index (χ2n) is 6.28. The standard InChI is InChI=1S/C14H29NO/c1-6-12(7-2)14(8-9-16-11-14)10-15-13(3,4)5/h12,15H,6-11H2,1-5H3. The lowest BCUT2D eigenvalue weighted by atomic mass is 9.71. The minimum atomic E-state index is 0.210.